The summed E-state index contributed by atoms with van der Waals surface area (Å²) < 4.78 is 16.3. The molecule has 1 amide bonds. The number of carbonyl (C=O) groups excluding carboxylic acids is 2. The second-order valence-electron chi connectivity index (χ2n) is 6.53. The number of oxazole rings is 1. The van der Waals surface area contributed by atoms with Gasteiger partial charge in [0.1, 0.15) is 17.0 Å². The van der Waals surface area contributed by atoms with Gasteiger partial charge in [-0.05, 0) is 43.3 Å². The number of nitrogens with zero attached hydrogens (tertiary/aromatic N) is 2. The quantitative estimate of drug-likeness (QED) is 0.183. The maximum absolute atomic E-state index is 12.0. The number of benzene rings is 2. The van der Waals surface area contributed by atoms with Crippen molar-refractivity contribution in [1.82, 2.24) is 10.4 Å². The van der Waals surface area contributed by atoms with Gasteiger partial charge in [0.25, 0.3) is 11.1 Å². The summed E-state index contributed by atoms with van der Waals surface area (Å²) in [6.45, 7) is 2.09. The number of amides is 1. The number of ether oxygens (including phenoxy) is 1. The van der Waals surface area contributed by atoms with Crippen LogP contribution in [0.4, 0.5) is 0 Å². The third-order valence-corrected chi connectivity index (χ3v) is 5.12. The monoisotopic (exact) mass is 449 g/mol. The molecule has 4 rings (SSSR count). The third kappa shape index (κ3) is 5.25. The van der Waals surface area contributed by atoms with E-state index in [-0.39, 0.29) is 17.6 Å². The minimum absolute atomic E-state index is 0.111. The molecule has 4 aromatic rings. The van der Waals surface area contributed by atoms with Crippen LogP contribution in [0, 0.1) is 0 Å². The van der Waals surface area contributed by atoms with E-state index in [1.807, 2.05) is 24.3 Å². The average molecular weight is 449 g/mol. The summed E-state index contributed by atoms with van der Waals surface area (Å²) in [4.78, 5) is 28.0. The first-order valence-corrected chi connectivity index (χ1v) is 10.8. The molecule has 32 heavy (non-hydrogen) atoms. The topological polar surface area (TPSA) is 107 Å². The van der Waals surface area contributed by atoms with Crippen molar-refractivity contribution in [2.75, 3.05) is 12.4 Å². The highest BCUT2D eigenvalue weighted by atomic mass is 32.2. The molecular weight excluding hydrogens is 430 g/mol. The lowest BCUT2D eigenvalue weighted by atomic mass is 10.1. The molecule has 0 aliphatic carbocycles. The Bertz CT molecular complexity index is 1230. The van der Waals surface area contributed by atoms with Crippen molar-refractivity contribution in [3.05, 3.63) is 72.0 Å². The molecule has 2 heterocycles. The number of hydrogen-bond acceptors (Lipinski definition) is 8. The number of rotatable bonds is 8. The lowest BCUT2D eigenvalue weighted by Crippen LogP contribution is -2.19. The van der Waals surface area contributed by atoms with Crippen molar-refractivity contribution in [2.45, 2.75) is 12.1 Å². The number of carbonyl (C=O) groups is 2. The molecule has 9 heteroatoms. The lowest BCUT2D eigenvalue weighted by Gasteiger charge is -2.02. The van der Waals surface area contributed by atoms with Crippen LogP contribution in [0.15, 0.2) is 79.8 Å². The van der Waals surface area contributed by atoms with E-state index < -0.39 is 0 Å². The maximum atomic E-state index is 12.0. The zero-order chi connectivity index (χ0) is 22.3. The van der Waals surface area contributed by atoms with Crippen LogP contribution < -0.4 is 5.43 Å². The van der Waals surface area contributed by atoms with Crippen LogP contribution in [0.5, 0.6) is 0 Å². The number of hydrogen-bond donors (Lipinski definition) is 1. The summed E-state index contributed by atoms with van der Waals surface area (Å²) in [5.74, 6) is 0.535. The van der Waals surface area contributed by atoms with Gasteiger partial charge in [0.15, 0.2) is 5.58 Å². The van der Waals surface area contributed by atoms with Gasteiger partial charge < -0.3 is 13.6 Å². The van der Waals surface area contributed by atoms with E-state index >= 15 is 0 Å². The van der Waals surface area contributed by atoms with Crippen LogP contribution in [-0.2, 0) is 9.53 Å². The summed E-state index contributed by atoms with van der Waals surface area (Å²) in [7, 11) is 0. The minimum atomic E-state index is -0.365. The van der Waals surface area contributed by atoms with Gasteiger partial charge >= 0.3 is 5.97 Å². The normalized spacial score (nSPS) is 11.2. The number of nitrogens with one attached hydrogen (secondary N) is 1. The molecule has 1 N–H and O–H groups in total. The molecule has 0 unspecified atom stereocenters. The fourth-order valence-electron chi connectivity index (χ4n) is 2.80. The Labute approximate surface area is 187 Å². The molecule has 0 spiro atoms. The molecule has 0 aliphatic heterocycles. The van der Waals surface area contributed by atoms with Gasteiger partial charge in [-0.1, -0.05) is 36.0 Å². The summed E-state index contributed by atoms with van der Waals surface area (Å²) in [6.07, 6.45) is 1.42. The van der Waals surface area contributed by atoms with Crippen molar-refractivity contribution >= 4 is 41.0 Å². The highest BCUT2D eigenvalue weighted by molar-refractivity contribution is 7.99. The van der Waals surface area contributed by atoms with E-state index in [1.54, 1.807) is 43.3 Å². The second kappa shape index (κ2) is 9.97. The van der Waals surface area contributed by atoms with Crippen molar-refractivity contribution in [3.63, 3.8) is 0 Å². The van der Waals surface area contributed by atoms with Crippen LogP contribution in [-0.4, -0.2) is 35.4 Å². The Balaban J connectivity index is 1.28. The number of furan rings is 1. The SMILES string of the molecule is CCOC(=O)c1ccc(-c2ccc(C=NNC(=O)CSc3nc4ccccc4o3)o2)cc1. The van der Waals surface area contributed by atoms with E-state index in [2.05, 4.69) is 15.5 Å². The first-order valence-electron chi connectivity index (χ1n) is 9.80. The Hall–Kier alpha value is -3.85. The van der Waals surface area contributed by atoms with Gasteiger partial charge in [0.2, 0.25) is 0 Å². The lowest BCUT2D eigenvalue weighted by molar-refractivity contribution is -0.118. The van der Waals surface area contributed by atoms with Gasteiger partial charge in [0.05, 0.1) is 24.1 Å². The summed E-state index contributed by atoms with van der Waals surface area (Å²) >= 11 is 1.19. The summed E-state index contributed by atoms with van der Waals surface area (Å²) in [5.41, 5.74) is 5.15. The second-order valence-corrected chi connectivity index (χ2v) is 7.46. The molecule has 2 aromatic heterocycles. The van der Waals surface area contributed by atoms with Gasteiger partial charge in [-0.2, -0.15) is 5.10 Å². The summed E-state index contributed by atoms with van der Waals surface area (Å²) in [6, 6.07) is 17.8. The Morgan fingerprint density at radius 2 is 1.91 bits per heavy atom. The Kier molecular flexibility index (Phi) is 6.66. The highest BCUT2D eigenvalue weighted by Gasteiger charge is 2.10. The number of fused-ring (bicyclic) bond motifs is 1. The molecule has 2 aromatic carbocycles. The smallest absolute Gasteiger partial charge is 0.338 e. The predicted octanol–water partition coefficient (Wildman–Crippen LogP) is 4.51. The van der Waals surface area contributed by atoms with Crippen LogP contribution in [0.3, 0.4) is 0 Å². The van der Waals surface area contributed by atoms with E-state index in [0.717, 1.165) is 11.1 Å². The van der Waals surface area contributed by atoms with E-state index in [9.17, 15) is 9.59 Å². The van der Waals surface area contributed by atoms with Crippen LogP contribution in [0.25, 0.3) is 22.4 Å². The maximum Gasteiger partial charge on any atom is 0.338 e. The zero-order valence-corrected chi connectivity index (χ0v) is 17.9. The van der Waals surface area contributed by atoms with E-state index in [0.29, 0.717) is 34.5 Å². The Morgan fingerprint density at radius 3 is 2.69 bits per heavy atom. The van der Waals surface area contributed by atoms with Gasteiger partial charge in [-0.15, -0.1) is 0 Å². The van der Waals surface area contributed by atoms with Gasteiger partial charge in [0, 0.05) is 5.56 Å². The molecule has 162 valence electrons. The van der Waals surface area contributed by atoms with Crippen molar-refractivity contribution in [3.8, 4) is 11.3 Å². The van der Waals surface area contributed by atoms with Crippen LogP contribution in [0.1, 0.15) is 23.0 Å². The van der Waals surface area contributed by atoms with Crippen molar-refractivity contribution < 1.29 is 23.2 Å². The molecule has 0 saturated carbocycles. The average Bonchev–Trinajstić information content (AvgIpc) is 3.45. The molecule has 0 bridgehead atoms. The van der Waals surface area contributed by atoms with Crippen molar-refractivity contribution in [1.29, 1.82) is 0 Å². The largest absolute Gasteiger partial charge is 0.462 e. The minimum Gasteiger partial charge on any atom is -0.462 e. The van der Waals surface area contributed by atoms with Gasteiger partial charge in [-0.25, -0.2) is 15.2 Å². The van der Waals surface area contributed by atoms with Crippen molar-refractivity contribution in [2.24, 2.45) is 5.10 Å². The number of thioether (sulfide) groups is 1. The van der Waals surface area contributed by atoms with Crippen LogP contribution in [0.2, 0.25) is 0 Å². The molecule has 0 atom stereocenters. The fourth-order valence-corrected chi connectivity index (χ4v) is 3.43. The first kappa shape index (κ1) is 21.4. The van der Waals surface area contributed by atoms with E-state index in [4.69, 9.17) is 13.6 Å². The molecule has 0 radical (unpaired) electrons. The molecule has 0 aliphatic rings. The molecule has 8 nitrogen and oxygen atoms in total. The number of aromatic nitrogens is 1. The Morgan fingerprint density at radius 1 is 1.09 bits per heavy atom. The molecule has 0 saturated heterocycles. The summed E-state index contributed by atoms with van der Waals surface area (Å²) in [5, 5.41) is 4.34. The standard InChI is InChI=1S/C23H19N3O5S/c1-2-29-22(28)16-9-7-15(8-10-16)19-12-11-17(30-19)13-24-26-21(27)14-32-23-25-18-5-3-4-6-20(18)31-23/h3-13H,2,14H2,1H3,(H,26,27). The highest BCUT2D eigenvalue weighted by Crippen LogP contribution is 2.23. The molecule has 0 fully saturated rings. The third-order valence-electron chi connectivity index (χ3n) is 4.29. The molecular formula is C23H19N3O5S. The number of para-hydroxylation sites is 2. The number of hydrazone groups is 1. The predicted molar refractivity (Wildman–Crippen MR) is 121 cm³/mol. The fraction of sp³-hybridized carbons (Fsp3) is 0.130. The van der Waals surface area contributed by atoms with Gasteiger partial charge in [-0.3, -0.25) is 4.79 Å². The zero-order valence-electron chi connectivity index (χ0n) is 17.1. The number of esters is 1. The first-order chi connectivity index (χ1) is 15.6. The van der Waals surface area contributed by atoms with E-state index in [1.165, 1.54) is 18.0 Å². The van der Waals surface area contributed by atoms with Crippen LogP contribution >= 0.6 is 11.8 Å².